The summed E-state index contributed by atoms with van der Waals surface area (Å²) < 4.78 is 18.0. The Bertz CT molecular complexity index is 515. The molecule has 1 N–H and O–H groups in total. The maximum Gasteiger partial charge on any atom is 0.194 e. The predicted molar refractivity (Wildman–Crippen MR) is 106 cm³/mol. The van der Waals surface area contributed by atoms with Crippen LogP contribution in [0.1, 0.15) is 58.8 Å². The molecular formula is C21H37N3O3. The molecule has 2 saturated heterocycles. The Morgan fingerprint density at radius 1 is 1.15 bits per heavy atom. The van der Waals surface area contributed by atoms with Gasteiger partial charge in [-0.25, -0.2) is 0 Å². The number of nitrogens with zero attached hydrogens (tertiary/aromatic N) is 2. The molecule has 0 aromatic heterocycles. The molecule has 6 heteroatoms. The molecule has 4 aliphatic rings. The van der Waals surface area contributed by atoms with Crippen molar-refractivity contribution in [2.45, 2.75) is 83.1 Å². The van der Waals surface area contributed by atoms with Gasteiger partial charge >= 0.3 is 0 Å². The van der Waals surface area contributed by atoms with E-state index in [1.54, 1.807) is 0 Å². The minimum Gasteiger partial charge on any atom is -0.378 e. The quantitative estimate of drug-likeness (QED) is 0.588. The molecule has 27 heavy (non-hydrogen) atoms. The first-order valence-electron chi connectivity index (χ1n) is 11.2. The van der Waals surface area contributed by atoms with E-state index in [4.69, 9.17) is 19.2 Å². The summed E-state index contributed by atoms with van der Waals surface area (Å²) in [6.07, 6.45) is 9.47. The molecule has 4 unspecified atom stereocenters. The first-order valence-corrected chi connectivity index (χ1v) is 11.2. The molecule has 4 fully saturated rings. The summed E-state index contributed by atoms with van der Waals surface area (Å²) in [5, 5.41) is 3.86. The zero-order valence-electron chi connectivity index (χ0n) is 17.1. The van der Waals surface area contributed by atoms with Crippen LogP contribution in [0.2, 0.25) is 0 Å². The number of guanidine groups is 1. The molecule has 2 heterocycles. The van der Waals surface area contributed by atoms with Crippen LogP contribution >= 0.6 is 0 Å². The van der Waals surface area contributed by atoms with E-state index < -0.39 is 0 Å². The number of hydrogen-bond donors (Lipinski definition) is 1. The average Bonchev–Trinajstić information content (AvgIpc) is 3.39. The van der Waals surface area contributed by atoms with Gasteiger partial charge in [-0.3, -0.25) is 4.99 Å². The van der Waals surface area contributed by atoms with Gasteiger partial charge in [0.05, 0.1) is 18.8 Å². The summed E-state index contributed by atoms with van der Waals surface area (Å²) in [6, 6.07) is 0.492. The van der Waals surface area contributed by atoms with Crippen molar-refractivity contribution in [3.63, 3.8) is 0 Å². The van der Waals surface area contributed by atoms with Gasteiger partial charge in [-0.15, -0.1) is 0 Å². The van der Waals surface area contributed by atoms with Gasteiger partial charge in [0.15, 0.2) is 5.96 Å². The standard InChI is InChI=1S/C21H37N3O3/c1-3-22-20(24-11-13-27-17(15-24)16-8-7-12-26-16)23-18-14-19(25-4-2)21(18)9-5-6-10-21/h16-19H,3-15H2,1-2H3,(H,22,23). The Labute approximate surface area is 164 Å². The van der Waals surface area contributed by atoms with Crippen molar-refractivity contribution in [3.05, 3.63) is 0 Å². The van der Waals surface area contributed by atoms with Gasteiger partial charge in [0.2, 0.25) is 0 Å². The first-order chi connectivity index (χ1) is 13.3. The fraction of sp³-hybridized carbons (Fsp3) is 0.952. The maximum absolute atomic E-state index is 6.09. The molecule has 4 atom stereocenters. The summed E-state index contributed by atoms with van der Waals surface area (Å²) in [7, 11) is 0. The first kappa shape index (κ1) is 19.5. The fourth-order valence-corrected chi connectivity index (χ4v) is 5.62. The molecule has 0 aromatic carbocycles. The van der Waals surface area contributed by atoms with Gasteiger partial charge in [0, 0.05) is 44.3 Å². The van der Waals surface area contributed by atoms with Crippen LogP contribution in [0.3, 0.4) is 0 Å². The highest BCUT2D eigenvalue weighted by molar-refractivity contribution is 5.80. The van der Waals surface area contributed by atoms with Crippen LogP contribution in [0.4, 0.5) is 0 Å². The molecule has 0 radical (unpaired) electrons. The molecule has 2 saturated carbocycles. The fourth-order valence-electron chi connectivity index (χ4n) is 5.62. The SMILES string of the molecule is CCN=C(NC1CC(OCC)C12CCCC2)N1CCOC(C2CCCO2)C1. The van der Waals surface area contributed by atoms with Crippen LogP contribution in [-0.4, -0.2) is 74.7 Å². The number of rotatable bonds is 5. The third-order valence-corrected chi connectivity index (χ3v) is 7.07. The van der Waals surface area contributed by atoms with Crippen LogP contribution in [-0.2, 0) is 14.2 Å². The van der Waals surface area contributed by atoms with Gasteiger partial charge in [0.1, 0.15) is 6.10 Å². The van der Waals surface area contributed by atoms with Crippen molar-refractivity contribution in [1.82, 2.24) is 10.2 Å². The van der Waals surface area contributed by atoms with Crippen molar-refractivity contribution in [2.75, 3.05) is 39.5 Å². The lowest BCUT2D eigenvalue weighted by Gasteiger charge is -2.55. The molecule has 154 valence electrons. The molecule has 0 aromatic rings. The second-order valence-electron chi connectivity index (χ2n) is 8.52. The summed E-state index contributed by atoms with van der Waals surface area (Å²) in [5.41, 5.74) is 0.324. The van der Waals surface area contributed by atoms with E-state index in [0.29, 0.717) is 17.6 Å². The van der Waals surface area contributed by atoms with Gasteiger partial charge in [-0.2, -0.15) is 0 Å². The third kappa shape index (κ3) is 3.85. The lowest BCUT2D eigenvalue weighted by Crippen LogP contribution is -2.66. The second-order valence-corrected chi connectivity index (χ2v) is 8.52. The summed E-state index contributed by atoms with van der Waals surface area (Å²) >= 11 is 0. The number of morpholine rings is 1. The smallest absolute Gasteiger partial charge is 0.194 e. The van der Waals surface area contributed by atoms with E-state index >= 15 is 0 Å². The Hall–Kier alpha value is -0.850. The topological polar surface area (TPSA) is 55.3 Å². The summed E-state index contributed by atoms with van der Waals surface area (Å²) in [6.45, 7) is 9.28. The van der Waals surface area contributed by atoms with Crippen LogP contribution in [0.25, 0.3) is 0 Å². The van der Waals surface area contributed by atoms with E-state index in [-0.39, 0.29) is 12.2 Å². The van der Waals surface area contributed by atoms with Gasteiger partial charge in [0.25, 0.3) is 0 Å². The molecular weight excluding hydrogens is 342 g/mol. The lowest BCUT2D eigenvalue weighted by atomic mass is 9.60. The van der Waals surface area contributed by atoms with E-state index in [0.717, 1.165) is 64.7 Å². The molecule has 0 bridgehead atoms. The van der Waals surface area contributed by atoms with Crippen molar-refractivity contribution in [3.8, 4) is 0 Å². The highest BCUT2D eigenvalue weighted by Gasteiger charge is 2.57. The van der Waals surface area contributed by atoms with Crippen molar-refractivity contribution in [1.29, 1.82) is 0 Å². The lowest BCUT2D eigenvalue weighted by molar-refractivity contribution is -0.127. The van der Waals surface area contributed by atoms with E-state index in [9.17, 15) is 0 Å². The van der Waals surface area contributed by atoms with Crippen LogP contribution in [0.5, 0.6) is 0 Å². The Morgan fingerprint density at radius 2 is 1.96 bits per heavy atom. The molecule has 4 rings (SSSR count). The third-order valence-electron chi connectivity index (χ3n) is 7.07. The zero-order chi connectivity index (χ0) is 18.7. The molecule has 2 aliphatic carbocycles. The minimum absolute atomic E-state index is 0.170. The number of ether oxygens (including phenoxy) is 3. The van der Waals surface area contributed by atoms with E-state index in [1.807, 2.05) is 0 Å². The van der Waals surface area contributed by atoms with Gasteiger partial charge in [-0.05, 0) is 46.0 Å². The number of hydrogen-bond acceptors (Lipinski definition) is 4. The number of nitrogens with one attached hydrogen (secondary N) is 1. The summed E-state index contributed by atoms with van der Waals surface area (Å²) in [4.78, 5) is 7.25. The maximum atomic E-state index is 6.09. The highest BCUT2D eigenvalue weighted by Crippen LogP contribution is 2.54. The number of aliphatic imine (C=N–C) groups is 1. The minimum atomic E-state index is 0.170. The highest BCUT2D eigenvalue weighted by atomic mass is 16.5. The van der Waals surface area contributed by atoms with Gasteiger partial charge < -0.3 is 24.4 Å². The molecule has 1 spiro atoms. The van der Waals surface area contributed by atoms with E-state index in [2.05, 4.69) is 24.1 Å². The van der Waals surface area contributed by atoms with Crippen LogP contribution < -0.4 is 5.32 Å². The van der Waals surface area contributed by atoms with Crippen LogP contribution in [0, 0.1) is 5.41 Å². The Kier molecular flexibility index (Phi) is 6.25. The van der Waals surface area contributed by atoms with Crippen molar-refractivity contribution >= 4 is 5.96 Å². The van der Waals surface area contributed by atoms with E-state index in [1.165, 1.54) is 25.7 Å². The van der Waals surface area contributed by atoms with Crippen molar-refractivity contribution < 1.29 is 14.2 Å². The normalized spacial score (nSPS) is 36.2. The Balaban J connectivity index is 1.41. The van der Waals surface area contributed by atoms with Crippen LogP contribution in [0.15, 0.2) is 4.99 Å². The molecule has 6 nitrogen and oxygen atoms in total. The average molecular weight is 380 g/mol. The molecule has 0 amide bonds. The monoisotopic (exact) mass is 379 g/mol. The van der Waals surface area contributed by atoms with Gasteiger partial charge in [-0.1, -0.05) is 12.8 Å². The largest absolute Gasteiger partial charge is 0.378 e. The molecule has 2 aliphatic heterocycles. The van der Waals surface area contributed by atoms with Crippen molar-refractivity contribution in [2.24, 2.45) is 10.4 Å². The zero-order valence-corrected chi connectivity index (χ0v) is 17.1. The summed E-state index contributed by atoms with van der Waals surface area (Å²) in [5.74, 6) is 1.06. The predicted octanol–water partition coefficient (Wildman–Crippen LogP) is 2.57. The Morgan fingerprint density at radius 3 is 2.67 bits per heavy atom. The second kappa shape index (κ2) is 8.66.